The molecule has 0 aliphatic heterocycles. The van der Waals surface area contributed by atoms with Crippen molar-refractivity contribution in [2.24, 2.45) is 11.5 Å². The highest BCUT2D eigenvalue weighted by atomic mass is 19.1. The van der Waals surface area contributed by atoms with E-state index in [1.807, 2.05) is 0 Å². The highest BCUT2D eigenvalue weighted by Gasteiger charge is 2.07. The first-order valence-corrected chi connectivity index (χ1v) is 4.97. The third-order valence-corrected chi connectivity index (χ3v) is 2.38. The van der Waals surface area contributed by atoms with Crippen LogP contribution in [-0.2, 0) is 0 Å². The van der Waals surface area contributed by atoms with Crippen molar-refractivity contribution in [2.45, 2.75) is 6.04 Å². The number of hydrogen-bond acceptors (Lipinski definition) is 3. The van der Waals surface area contributed by atoms with Gasteiger partial charge in [0.1, 0.15) is 5.82 Å². The standard InChI is InChI=1S/C11H13FN4/c12-9-1-3-10(4-2-9)16-7-8(6-15-16)11(14)5-13/h1-4,6-7,11H,5,13-14H2. The normalized spacial score (nSPS) is 12.7. The summed E-state index contributed by atoms with van der Waals surface area (Å²) < 4.78 is 14.4. The summed E-state index contributed by atoms with van der Waals surface area (Å²) in [5, 5.41) is 4.14. The molecule has 0 aliphatic rings. The van der Waals surface area contributed by atoms with E-state index in [4.69, 9.17) is 11.5 Å². The van der Waals surface area contributed by atoms with Crippen LogP contribution < -0.4 is 11.5 Å². The van der Waals surface area contributed by atoms with Crippen LogP contribution in [0.15, 0.2) is 36.7 Å². The van der Waals surface area contributed by atoms with Crippen LogP contribution in [0.2, 0.25) is 0 Å². The van der Waals surface area contributed by atoms with Gasteiger partial charge in [-0.15, -0.1) is 0 Å². The molecule has 16 heavy (non-hydrogen) atoms. The van der Waals surface area contributed by atoms with Crippen molar-refractivity contribution in [3.8, 4) is 5.69 Å². The van der Waals surface area contributed by atoms with Crippen molar-refractivity contribution in [2.75, 3.05) is 6.54 Å². The fraction of sp³-hybridized carbons (Fsp3) is 0.182. The molecule has 0 saturated carbocycles. The Morgan fingerprint density at radius 2 is 2.00 bits per heavy atom. The van der Waals surface area contributed by atoms with E-state index in [1.165, 1.54) is 12.1 Å². The molecule has 0 spiro atoms. The van der Waals surface area contributed by atoms with Gasteiger partial charge < -0.3 is 11.5 Å². The number of benzene rings is 1. The Hall–Kier alpha value is -1.72. The van der Waals surface area contributed by atoms with Crippen molar-refractivity contribution >= 4 is 0 Å². The maximum Gasteiger partial charge on any atom is 0.123 e. The molecule has 1 atom stereocenters. The zero-order valence-electron chi connectivity index (χ0n) is 8.68. The van der Waals surface area contributed by atoms with Gasteiger partial charge in [0.05, 0.1) is 11.9 Å². The highest BCUT2D eigenvalue weighted by Crippen LogP contribution is 2.12. The summed E-state index contributed by atoms with van der Waals surface area (Å²) in [6.45, 7) is 0.370. The first-order valence-electron chi connectivity index (χ1n) is 4.97. The zero-order valence-corrected chi connectivity index (χ0v) is 8.68. The Morgan fingerprint density at radius 1 is 1.31 bits per heavy atom. The van der Waals surface area contributed by atoms with Crippen molar-refractivity contribution in [3.63, 3.8) is 0 Å². The van der Waals surface area contributed by atoms with Gasteiger partial charge in [0, 0.05) is 24.3 Å². The largest absolute Gasteiger partial charge is 0.329 e. The van der Waals surface area contributed by atoms with E-state index < -0.39 is 0 Å². The lowest BCUT2D eigenvalue weighted by Crippen LogP contribution is -2.20. The summed E-state index contributed by atoms with van der Waals surface area (Å²) in [7, 11) is 0. The number of nitrogens with zero attached hydrogens (tertiary/aromatic N) is 2. The molecule has 0 bridgehead atoms. The molecule has 0 amide bonds. The van der Waals surface area contributed by atoms with Crippen LogP contribution in [0.3, 0.4) is 0 Å². The van der Waals surface area contributed by atoms with E-state index in [2.05, 4.69) is 5.10 Å². The number of nitrogens with two attached hydrogens (primary N) is 2. The van der Waals surface area contributed by atoms with Crippen LogP contribution >= 0.6 is 0 Å². The Kier molecular flexibility index (Phi) is 2.98. The lowest BCUT2D eigenvalue weighted by molar-refractivity contribution is 0.627. The highest BCUT2D eigenvalue weighted by molar-refractivity contribution is 5.31. The van der Waals surface area contributed by atoms with Crippen molar-refractivity contribution in [1.82, 2.24) is 9.78 Å². The Balaban J connectivity index is 2.28. The minimum absolute atomic E-state index is 0.214. The molecule has 1 aromatic heterocycles. The molecule has 2 rings (SSSR count). The molecule has 1 aromatic carbocycles. The van der Waals surface area contributed by atoms with E-state index >= 15 is 0 Å². The Bertz CT molecular complexity index is 463. The van der Waals surface area contributed by atoms with Crippen LogP contribution in [-0.4, -0.2) is 16.3 Å². The van der Waals surface area contributed by atoms with E-state index in [0.717, 1.165) is 11.3 Å². The molecule has 84 valence electrons. The molecule has 1 unspecified atom stereocenters. The molecule has 4 nitrogen and oxygen atoms in total. The fourth-order valence-electron chi connectivity index (χ4n) is 1.40. The van der Waals surface area contributed by atoms with Gasteiger partial charge in [0.15, 0.2) is 0 Å². The van der Waals surface area contributed by atoms with Gasteiger partial charge in [-0.1, -0.05) is 0 Å². The summed E-state index contributed by atoms with van der Waals surface area (Å²) in [6.07, 6.45) is 3.46. The summed E-state index contributed by atoms with van der Waals surface area (Å²) in [5.41, 5.74) is 12.9. The molecule has 0 fully saturated rings. The Labute approximate surface area is 92.7 Å². The summed E-state index contributed by atoms with van der Waals surface area (Å²) >= 11 is 0. The minimum atomic E-state index is -0.269. The average molecular weight is 220 g/mol. The predicted octanol–water partition coefficient (Wildman–Crippen LogP) is 0.970. The van der Waals surface area contributed by atoms with Crippen LogP contribution in [0.25, 0.3) is 5.69 Å². The van der Waals surface area contributed by atoms with Gasteiger partial charge in [-0.2, -0.15) is 5.10 Å². The van der Waals surface area contributed by atoms with E-state index in [-0.39, 0.29) is 11.9 Å². The molecular formula is C11H13FN4. The predicted molar refractivity (Wildman–Crippen MR) is 59.5 cm³/mol. The maximum atomic E-state index is 12.7. The summed E-state index contributed by atoms with van der Waals surface area (Å²) in [4.78, 5) is 0. The van der Waals surface area contributed by atoms with Crippen LogP contribution in [0.4, 0.5) is 4.39 Å². The van der Waals surface area contributed by atoms with Gasteiger partial charge >= 0.3 is 0 Å². The molecule has 4 N–H and O–H groups in total. The Morgan fingerprint density at radius 3 is 2.62 bits per heavy atom. The number of aromatic nitrogens is 2. The first kappa shape index (κ1) is 10.8. The smallest absolute Gasteiger partial charge is 0.123 e. The van der Waals surface area contributed by atoms with E-state index in [1.54, 1.807) is 29.2 Å². The summed E-state index contributed by atoms with van der Waals surface area (Å²) in [6, 6.07) is 5.87. The second-order valence-electron chi connectivity index (χ2n) is 3.54. The number of rotatable bonds is 3. The molecule has 0 saturated heterocycles. The average Bonchev–Trinajstić information content (AvgIpc) is 2.78. The van der Waals surface area contributed by atoms with Gasteiger partial charge in [0.2, 0.25) is 0 Å². The second kappa shape index (κ2) is 4.42. The molecule has 5 heteroatoms. The third-order valence-electron chi connectivity index (χ3n) is 2.38. The first-order chi connectivity index (χ1) is 7.70. The van der Waals surface area contributed by atoms with Crippen molar-refractivity contribution < 1.29 is 4.39 Å². The topological polar surface area (TPSA) is 69.9 Å². The second-order valence-corrected chi connectivity index (χ2v) is 3.54. The van der Waals surface area contributed by atoms with Gasteiger partial charge in [-0.3, -0.25) is 0 Å². The van der Waals surface area contributed by atoms with Gasteiger partial charge in [-0.05, 0) is 24.3 Å². The van der Waals surface area contributed by atoms with Gasteiger partial charge in [0.25, 0.3) is 0 Å². The molecule has 1 heterocycles. The SMILES string of the molecule is NCC(N)c1cnn(-c2ccc(F)cc2)c1. The lowest BCUT2D eigenvalue weighted by atomic mass is 10.2. The number of halogens is 1. The van der Waals surface area contributed by atoms with Crippen LogP contribution in [0.5, 0.6) is 0 Å². The zero-order chi connectivity index (χ0) is 11.5. The van der Waals surface area contributed by atoms with Crippen LogP contribution in [0.1, 0.15) is 11.6 Å². The molecule has 2 aromatic rings. The number of hydrogen-bond donors (Lipinski definition) is 2. The van der Waals surface area contributed by atoms with Crippen molar-refractivity contribution in [1.29, 1.82) is 0 Å². The molecule has 0 aliphatic carbocycles. The van der Waals surface area contributed by atoms with E-state index in [9.17, 15) is 4.39 Å². The quantitative estimate of drug-likeness (QED) is 0.809. The van der Waals surface area contributed by atoms with Crippen molar-refractivity contribution in [3.05, 3.63) is 48.0 Å². The minimum Gasteiger partial charge on any atom is -0.329 e. The fourth-order valence-corrected chi connectivity index (χ4v) is 1.40. The third kappa shape index (κ3) is 2.10. The van der Waals surface area contributed by atoms with E-state index in [0.29, 0.717) is 6.54 Å². The summed E-state index contributed by atoms with van der Waals surface area (Å²) in [5.74, 6) is -0.269. The lowest BCUT2D eigenvalue weighted by Gasteiger charge is -2.04. The van der Waals surface area contributed by atoms with Gasteiger partial charge in [-0.25, -0.2) is 9.07 Å². The maximum absolute atomic E-state index is 12.7. The molecular weight excluding hydrogens is 207 g/mol. The molecule has 0 radical (unpaired) electrons. The monoisotopic (exact) mass is 220 g/mol. The van der Waals surface area contributed by atoms with Crippen LogP contribution in [0, 0.1) is 5.82 Å².